The van der Waals surface area contributed by atoms with Crippen LogP contribution in [0.1, 0.15) is 11.1 Å². The van der Waals surface area contributed by atoms with Crippen LogP contribution in [-0.2, 0) is 6.42 Å². The van der Waals surface area contributed by atoms with Gasteiger partial charge in [-0.05, 0) is 59.6 Å². The first-order valence-corrected chi connectivity index (χ1v) is 6.58. The molecule has 0 aliphatic carbocycles. The fraction of sp³-hybridized carbons (Fsp3) is 0.214. The zero-order chi connectivity index (χ0) is 13.0. The lowest BCUT2D eigenvalue weighted by molar-refractivity contribution is 0.455. The lowest BCUT2D eigenvalue weighted by Gasteiger charge is -2.10. The molecule has 0 radical (unpaired) electrons. The average molecular weight is 307 g/mol. The van der Waals surface area contributed by atoms with Crippen molar-refractivity contribution >= 4 is 15.9 Å². The molecule has 0 aliphatic heterocycles. The highest BCUT2D eigenvalue weighted by Gasteiger charge is 2.06. The Kier molecular flexibility index (Phi) is 4.33. The molecule has 0 saturated carbocycles. The van der Waals surface area contributed by atoms with E-state index >= 15 is 0 Å². The van der Waals surface area contributed by atoms with Crippen LogP contribution in [-0.4, -0.2) is 11.5 Å². The molecule has 4 heteroatoms. The molecule has 0 saturated heterocycles. The third kappa shape index (κ3) is 3.09. The molecule has 1 heterocycles. The molecule has 0 atom stereocenters. The number of para-hydroxylation sites is 1. The Morgan fingerprint density at radius 1 is 1.33 bits per heavy atom. The highest BCUT2D eigenvalue weighted by atomic mass is 79.9. The van der Waals surface area contributed by atoms with Gasteiger partial charge in [-0.3, -0.25) is 0 Å². The predicted octanol–water partition coefficient (Wildman–Crippen LogP) is 3.45. The molecule has 2 rings (SSSR count). The number of pyridine rings is 1. The van der Waals surface area contributed by atoms with Gasteiger partial charge in [-0.2, -0.15) is 0 Å². The average Bonchev–Trinajstić information content (AvgIpc) is 2.35. The van der Waals surface area contributed by atoms with Crippen molar-refractivity contribution in [3.05, 3.63) is 52.1 Å². The Morgan fingerprint density at radius 3 is 2.78 bits per heavy atom. The lowest BCUT2D eigenvalue weighted by atomic mass is 10.1. The summed E-state index contributed by atoms with van der Waals surface area (Å²) < 4.78 is 6.70. The SMILES string of the molecule is Cc1cc(CCN)cnc1Oc1ccccc1Br. The van der Waals surface area contributed by atoms with E-state index in [1.165, 1.54) is 0 Å². The summed E-state index contributed by atoms with van der Waals surface area (Å²) in [6.45, 7) is 2.62. The van der Waals surface area contributed by atoms with Crippen molar-refractivity contribution in [2.75, 3.05) is 6.54 Å². The van der Waals surface area contributed by atoms with Gasteiger partial charge in [0.05, 0.1) is 4.47 Å². The van der Waals surface area contributed by atoms with Gasteiger partial charge in [-0.1, -0.05) is 12.1 Å². The number of hydrogen-bond acceptors (Lipinski definition) is 3. The smallest absolute Gasteiger partial charge is 0.222 e. The number of nitrogens with two attached hydrogens (primary N) is 1. The summed E-state index contributed by atoms with van der Waals surface area (Å²) in [6, 6.07) is 9.78. The van der Waals surface area contributed by atoms with Crippen LogP contribution in [0, 0.1) is 6.92 Å². The summed E-state index contributed by atoms with van der Waals surface area (Å²) in [5, 5.41) is 0. The molecule has 0 amide bonds. The van der Waals surface area contributed by atoms with Crippen LogP contribution in [0.2, 0.25) is 0 Å². The molecule has 94 valence electrons. The number of rotatable bonds is 4. The Balaban J connectivity index is 2.22. The van der Waals surface area contributed by atoms with E-state index in [2.05, 4.69) is 27.0 Å². The topological polar surface area (TPSA) is 48.1 Å². The van der Waals surface area contributed by atoms with Crippen molar-refractivity contribution in [1.82, 2.24) is 4.98 Å². The van der Waals surface area contributed by atoms with Crippen molar-refractivity contribution in [3.8, 4) is 11.6 Å². The van der Waals surface area contributed by atoms with Crippen LogP contribution >= 0.6 is 15.9 Å². The molecule has 0 bridgehead atoms. The van der Waals surface area contributed by atoms with Crippen molar-refractivity contribution < 1.29 is 4.74 Å². The molecule has 1 aromatic carbocycles. The lowest BCUT2D eigenvalue weighted by Crippen LogP contribution is -2.03. The van der Waals surface area contributed by atoms with Gasteiger partial charge in [0.15, 0.2) is 0 Å². The van der Waals surface area contributed by atoms with E-state index in [4.69, 9.17) is 10.5 Å². The van der Waals surface area contributed by atoms with Crippen LogP contribution in [0.3, 0.4) is 0 Å². The minimum absolute atomic E-state index is 0.627. The van der Waals surface area contributed by atoms with Crippen molar-refractivity contribution in [2.45, 2.75) is 13.3 Å². The largest absolute Gasteiger partial charge is 0.438 e. The van der Waals surface area contributed by atoms with Gasteiger partial charge >= 0.3 is 0 Å². The fourth-order valence-electron chi connectivity index (χ4n) is 1.66. The second-order valence-electron chi connectivity index (χ2n) is 4.04. The zero-order valence-corrected chi connectivity index (χ0v) is 11.8. The highest BCUT2D eigenvalue weighted by molar-refractivity contribution is 9.10. The molecule has 0 fully saturated rings. The van der Waals surface area contributed by atoms with Gasteiger partial charge in [0.25, 0.3) is 0 Å². The van der Waals surface area contributed by atoms with E-state index in [-0.39, 0.29) is 0 Å². The van der Waals surface area contributed by atoms with E-state index in [0.717, 1.165) is 27.8 Å². The second-order valence-corrected chi connectivity index (χ2v) is 4.89. The number of ether oxygens (including phenoxy) is 1. The van der Waals surface area contributed by atoms with Crippen LogP contribution in [0.25, 0.3) is 0 Å². The third-order valence-corrected chi connectivity index (χ3v) is 3.22. The van der Waals surface area contributed by atoms with Crippen LogP contribution in [0.4, 0.5) is 0 Å². The van der Waals surface area contributed by atoms with E-state index in [0.29, 0.717) is 12.4 Å². The molecule has 0 spiro atoms. The van der Waals surface area contributed by atoms with Crippen LogP contribution in [0.5, 0.6) is 11.6 Å². The van der Waals surface area contributed by atoms with Gasteiger partial charge in [-0.15, -0.1) is 0 Å². The monoisotopic (exact) mass is 306 g/mol. The molecule has 2 N–H and O–H groups in total. The molecular formula is C14H15BrN2O. The van der Waals surface area contributed by atoms with Gasteiger partial charge < -0.3 is 10.5 Å². The number of benzene rings is 1. The molecule has 1 aromatic heterocycles. The van der Waals surface area contributed by atoms with E-state index < -0.39 is 0 Å². The summed E-state index contributed by atoms with van der Waals surface area (Å²) in [5.74, 6) is 1.39. The normalized spacial score (nSPS) is 10.4. The van der Waals surface area contributed by atoms with Gasteiger partial charge in [0.1, 0.15) is 5.75 Å². The standard InChI is InChI=1S/C14H15BrN2O/c1-10-8-11(6-7-16)9-17-14(10)18-13-5-3-2-4-12(13)15/h2-5,8-9H,6-7,16H2,1H3. The molecular weight excluding hydrogens is 292 g/mol. The van der Waals surface area contributed by atoms with Gasteiger partial charge in [0, 0.05) is 11.8 Å². The third-order valence-electron chi connectivity index (χ3n) is 2.56. The Hall–Kier alpha value is -1.39. The summed E-state index contributed by atoms with van der Waals surface area (Å²) in [7, 11) is 0. The number of aromatic nitrogens is 1. The Morgan fingerprint density at radius 2 is 2.11 bits per heavy atom. The van der Waals surface area contributed by atoms with Crippen molar-refractivity contribution in [1.29, 1.82) is 0 Å². The fourth-order valence-corrected chi connectivity index (χ4v) is 2.03. The van der Waals surface area contributed by atoms with E-state index in [9.17, 15) is 0 Å². The maximum absolute atomic E-state index is 5.78. The molecule has 3 nitrogen and oxygen atoms in total. The van der Waals surface area contributed by atoms with Crippen LogP contribution in [0.15, 0.2) is 41.0 Å². The first-order chi connectivity index (χ1) is 8.70. The zero-order valence-electron chi connectivity index (χ0n) is 10.2. The first-order valence-electron chi connectivity index (χ1n) is 5.78. The summed E-state index contributed by atoms with van der Waals surface area (Å²) in [4.78, 5) is 4.33. The van der Waals surface area contributed by atoms with Gasteiger partial charge in [-0.25, -0.2) is 4.98 Å². The summed E-state index contributed by atoms with van der Waals surface area (Å²) in [5.41, 5.74) is 7.67. The minimum Gasteiger partial charge on any atom is -0.438 e. The van der Waals surface area contributed by atoms with E-state index in [1.807, 2.05) is 37.4 Å². The molecule has 0 aliphatic rings. The van der Waals surface area contributed by atoms with Crippen molar-refractivity contribution in [2.24, 2.45) is 5.73 Å². The van der Waals surface area contributed by atoms with E-state index in [1.54, 1.807) is 0 Å². The molecule has 2 aromatic rings. The Labute approximate surface area is 115 Å². The van der Waals surface area contributed by atoms with Crippen molar-refractivity contribution in [3.63, 3.8) is 0 Å². The molecule has 0 unspecified atom stereocenters. The number of aryl methyl sites for hydroxylation is 1. The maximum atomic E-state index is 5.78. The Bertz CT molecular complexity index is 543. The summed E-state index contributed by atoms with van der Waals surface area (Å²) >= 11 is 3.45. The minimum atomic E-state index is 0.627. The number of hydrogen-bond donors (Lipinski definition) is 1. The quantitative estimate of drug-likeness (QED) is 0.941. The highest BCUT2D eigenvalue weighted by Crippen LogP contribution is 2.29. The number of nitrogens with zero attached hydrogens (tertiary/aromatic N) is 1. The number of halogens is 1. The summed E-state index contributed by atoms with van der Waals surface area (Å²) in [6.07, 6.45) is 2.65. The van der Waals surface area contributed by atoms with Gasteiger partial charge in [0.2, 0.25) is 5.88 Å². The second kappa shape index (κ2) is 5.98. The first kappa shape index (κ1) is 13.1. The maximum Gasteiger partial charge on any atom is 0.222 e. The molecule has 18 heavy (non-hydrogen) atoms. The van der Waals surface area contributed by atoms with Crippen LogP contribution < -0.4 is 10.5 Å². The predicted molar refractivity (Wildman–Crippen MR) is 75.9 cm³/mol.